The summed E-state index contributed by atoms with van der Waals surface area (Å²) >= 11 is 6.04. The monoisotopic (exact) mass is 432 g/mol. The van der Waals surface area contributed by atoms with Gasteiger partial charge in [0, 0.05) is 50.0 Å². The fourth-order valence-electron chi connectivity index (χ4n) is 3.77. The molecule has 3 rings (SSSR count). The number of halogens is 1. The third-order valence-corrected chi connectivity index (χ3v) is 5.67. The highest BCUT2D eigenvalue weighted by Crippen LogP contribution is 2.32. The van der Waals surface area contributed by atoms with Crippen molar-refractivity contribution in [2.75, 3.05) is 52.9 Å². The summed E-state index contributed by atoms with van der Waals surface area (Å²) in [7, 11) is 2.09. The standard InChI is InChI=1S/C22H29ClN4O3/c1-4-10-27-18(15-26-13-11-25(3)12-14-26)19(21(28)30-5-2)20(24-22(27)29)16-6-8-17(23)9-7-16/h4,6-9,20H,1,5,10-15H2,2-3H3,(H,24,29). The summed E-state index contributed by atoms with van der Waals surface area (Å²) in [6.07, 6.45) is 1.66. The lowest BCUT2D eigenvalue weighted by Crippen LogP contribution is -2.52. The van der Waals surface area contributed by atoms with Gasteiger partial charge in [-0.3, -0.25) is 9.80 Å². The molecule has 8 heteroatoms. The number of rotatable bonds is 7. The zero-order valence-corrected chi connectivity index (χ0v) is 18.3. The lowest BCUT2D eigenvalue weighted by Gasteiger charge is -2.40. The van der Waals surface area contributed by atoms with Crippen molar-refractivity contribution in [1.82, 2.24) is 20.0 Å². The molecule has 0 aliphatic carbocycles. The first-order chi connectivity index (χ1) is 14.4. The molecular formula is C22H29ClN4O3. The molecule has 1 fully saturated rings. The van der Waals surface area contributed by atoms with Crippen LogP contribution in [0.5, 0.6) is 0 Å². The van der Waals surface area contributed by atoms with E-state index in [4.69, 9.17) is 16.3 Å². The molecular weight excluding hydrogens is 404 g/mol. The summed E-state index contributed by atoms with van der Waals surface area (Å²) in [5.74, 6) is -0.421. The second kappa shape index (κ2) is 10.1. The molecule has 162 valence electrons. The Morgan fingerprint density at radius 2 is 1.93 bits per heavy atom. The molecule has 2 aliphatic heterocycles. The molecule has 2 heterocycles. The van der Waals surface area contributed by atoms with Crippen LogP contribution >= 0.6 is 11.6 Å². The van der Waals surface area contributed by atoms with Gasteiger partial charge in [-0.25, -0.2) is 9.59 Å². The van der Waals surface area contributed by atoms with Crippen molar-refractivity contribution in [3.63, 3.8) is 0 Å². The highest BCUT2D eigenvalue weighted by Gasteiger charge is 2.38. The number of benzene rings is 1. The number of ether oxygens (including phenoxy) is 1. The maximum Gasteiger partial charge on any atom is 0.338 e. The summed E-state index contributed by atoms with van der Waals surface area (Å²) in [6.45, 7) is 10.2. The van der Waals surface area contributed by atoms with E-state index in [0.717, 1.165) is 31.7 Å². The van der Waals surface area contributed by atoms with Gasteiger partial charge in [0.15, 0.2) is 0 Å². The Kier molecular flexibility index (Phi) is 7.53. The Bertz CT molecular complexity index is 816. The Hall–Kier alpha value is -2.35. The molecule has 1 unspecified atom stereocenters. The first-order valence-electron chi connectivity index (χ1n) is 10.2. The second-order valence-electron chi connectivity index (χ2n) is 7.49. The Morgan fingerprint density at radius 1 is 1.27 bits per heavy atom. The fraction of sp³-hybridized carbons (Fsp3) is 0.455. The lowest BCUT2D eigenvalue weighted by molar-refractivity contribution is -0.139. The van der Waals surface area contributed by atoms with E-state index < -0.39 is 12.0 Å². The van der Waals surface area contributed by atoms with Crippen LogP contribution in [0.4, 0.5) is 4.79 Å². The van der Waals surface area contributed by atoms with Crippen molar-refractivity contribution < 1.29 is 14.3 Å². The highest BCUT2D eigenvalue weighted by molar-refractivity contribution is 6.30. The molecule has 1 saturated heterocycles. The quantitative estimate of drug-likeness (QED) is 0.530. The van der Waals surface area contributed by atoms with Crippen LogP contribution in [0.3, 0.4) is 0 Å². The van der Waals surface area contributed by atoms with Crippen LogP contribution in [0.25, 0.3) is 0 Å². The van der Waals surface area contributed by atoms with Crippen molar-refractivity contribution in [3.05, 3.63) is 58.8 Å². The normalized spacial score (nSPS) is 20.8. The van der Waals surface area contributed by atoms with Gasteiger partial charge in [0.2, 0.25) is 0 Å². The molecule has 7 nitrogen and oxygen atoms in total. The molecule has 30 heavy (non-hydrogen) atoms. The van der Waals surface area contributed by atoms with Crippen LogP contribution in [-0.4, -0.2) is 79.6 Å². The van der Waals surface area contributed by atoms with Gasteiger partial charge in [-0.15, -0.1) is 6.58 Å². The number of amides is 2. The minimum absolute atomic E-state index is 0.257. The molecule has 1 N–H and O–H groups in total. The summed E-state index contributed by atoms with van der Waals surface area (Å²) in [4.78, 5) is 32.2. The van der Waals surface area contributed by atoms with Crippen LogP contribution in [0.15, 0.2) is 48.2 Å². The van der Waals surface area contributed by atoms with E-state index in [1.807, 2.05) is 12.1 Å². The van der Waals surface area contributed by atoms with Crippen LogP contribution in [0, 0.1) is 0 Å². The number of hydrogen-bond acceptors (Lipinski definition) is 5. The molecule has 2 aliphatic rings. The van der Waals surface area contributed by atoms with Gasteiger partial charge in [-0.05, 0) is 31.7 Å². The van der Waals surface area contributed by atoms with E-state index in [2.05, 4.69) is 28.7 Å². The van der Waals surface area contributed by atoms with Gasteiger partial charge in [0.05, 0.1) is 18.2 Å². The van der Waals surface area contributed by atoms with Crippen molar-refractivity contribution >= 4 is 23.6 Å². The maximum atomic E-state index is 13.1. The molecule has 2 amide bonds. The van der Waals surface area contributed by atoms with Crippen molar-refractivity contribution in [2.45, 2.75) is 13.0 Å². The number of carbonyl (C=O) groups excluding carboxylic acids is 2. The second-order valence-corrected chi connectivity index (χ2v) is 7.93. The van der Waals surface area contributed by atoms with E-state index in [1.165, 1.54) is 0 Å². The largest absolute Gasteiger partial charge is 0.463 e. The van der Waals surface area contributed by atoms with Crippen LogP contribution in [0.2, 0.25) is 5.02 Å². The molecule has 1 aromatic rings. The Morgan fingerprint density at radius 3 is 2.53 bits per heavy atom. The number of carbonyl (C=O) groups is 2. The first kappa shape index (κ1) is 22.3. The minimum atomic E-state index is -0.600. The highest BCUT2D eigenvalue weighted by atomic mass is 35.5. The molecule has 0 aromatic heterocycles. The third-order valence-electron chi connectivity index (χ3n) is 5.42. The van der Waals surface area contributed by atoms with E-state index in [-0.39, 0.29) is 12.6 Å². The molecule has 0 radical (unpaired) electrons. The average molecular weight is 433 g/mol. The van der Waals surface area contributed by atoms with Crippen LogP contribution < -0.4 is 5.32 Å². The number of likely N-dealkylation sites (N-methyl/N-ethyl adjacent to an activating group) is 1. The molecule has 0 bridgehead atoms. The predicted molar refractivity (Wildman–Crippen MR) is 117 cm³/mol. The van der Waals surface area contributed by atoms with Crippen molar-refractivity contribution in [2.24, 2.45) is 0 Å². The topological polar surface area (TPSA) is 65.1 Å². The smallest absolute Gasteiger partial charge is 0.338 e. The first-order valence-corrected chi connectivity index (χ1v) is 10.6. The fourth-order valence-corrected chi connectivity index (χ4v) is 3.89. The SMILES string of the molecule is C=CCN1C(=O)NC(c2ccc(Cl)cc2)C(C(=O)OCC)=C1CN1CCN(C)CC1. The van der Waals surface area contributed by atoms with E-state index in [9.17, 15) is 9.59 Å². The van der Waals surface area contributed by atoms with E-state index in [0.29, 0.717) is 29.4 Å². The zero-order valence-electron chi connectivity index (χ0n) is 17.6. The summed E-state index contributed by atoms with van der Waals surface area (Å²) in [5, 5.41) is 3.55. The van der Waals surface area contributed by atoms with Crippen molar-refractivity contribution in [1.29, 1.82) is 0 Å². The molecule has 0 spiro atoms. The number of hydrogen-bond donors (Lipinski definition) is 1. The summed E-state index contributed by atoms with van der Waals surface area (Å²) in [6, 6.07) is 6.29. The number of esters is 1. The van der Waals surface area contributed by atoms with E-state index >= 15 is 0 Å². The van der Waals surface area contributed by atoms with Crippen LogP contribution in [-0.2, 0) is 9.53 Å². The van der Waals surface area contributed by atoms with Crippen LogP contribution in [0.1, 0.15) is 18.5 Å². The number of nitrogens with zero attached hydrogens (tertiary/aromatic N) is 3. The average Bonchev–Trinajstić information content (AvgIpc) is 2.72. The number of piperazine rings is 1. The van der Waals surface area contributed by atoms with Gasteiger partial charge in [-0.2, -0.15) is 0 Å². The molecule has 1 atom stereocenters. The Labute approximate surface area is 182 Å². The third kappa shape index (κ3) is 5.03. The van der Waals surface area contributed by atoms with Crippen molar-refractivity contribution in [3.8, 4) is 0 Å². The van der Waals surface area contributed by atoms with Gasteiger partial charge >= 0.3 is 12.0 Å². The van der Waals surface area contributed by atoms with Gasteiger partial charge in [-0.1, -0.05) is 29.8 Å². The molecule has 0 saturated carbocycles. The summed E-state index contributed by atoms with van der Waals surface area (Å²) in [5.41, 5.74) is 1.91. The Balaban J connectivity index is 2.06. The number of nitrogens with one attached hydrogen (secondary N) is 1. The predicted octanol–water partition coefficient (Wildman–Crippen LogP) is 2.66. The van der Waals surface area contributed by atoms with Gasteiger partial charge in [0.1, 0.15) is 0 Å². The lowest BCUT2D eigenvalue weighted by atomic mass is 9.94. The minimum Gasteiger partial charge on any atom is -0.463 e. The number of urea groups is 1. The van der Waals surface area contributed by atoms with Gasteiger partial charge < -0.3 is 15.0 Å². The molecule has 1 aromatic carbocycles. The zero-order chi connectivity index (χ0) is 21.7. The van der Waals surface area contributed by atoms with E-state index in [1.54, 1.807) is 30.0 Å². The summed E-state index contributed by atoms with van der Waals surface area (Å²) < 4.78 is 5.40. The maximum absolute atomic E-state index is 13.1. The van der Waals surface area contributed by atoms with Gasteiger partial charge in [0.25, 0.3) is 0 Å².